The number of nitrogens with zero attached hydrogens (tertiary/aromatic N) is 4. The topological polar surface area (TPSA) is 59.8 Å². The first kappa shape index (κ1) is 23.8. The average molecular weight is 455 g/mol. The van der Waals surface area contributed by atoms with Crippen molar-refractivity contribution in [3.63, 3.8) is 0 Å². The van der Waals surface area contributed by atoms with E-state index in [2.05, 4.69) is 34.5 Å². The summed E-state index contributed by atoms with van der Waals surface area (Å²) in [6.07, 6.45) is 9.11. The molecule has 1 saturated heterocycles. The number of methoxy groups -OCH3 is 1. The van der Waals surface area contributed by atoms with Crippen LogP contribution in [0.15, 0.2) is 36.7 Å². The second kappa shape index (κ2) is 11.2. The molecule has 0 unspecified atom stereocenters. The van der Waals surface area contributed by atoms with Crippen molar-refractivity contribution < 1.29 is 14.3 Å². The van der Waals surface area contributed by atoms with Crippen molar-refractivity contribution in [1.82, 2.24) is 19.4 Å². The Kier molecular flexibility index (Phi) is 8.04. The first-order chi connectivity index (χ1) is 16.1. The number of aromatic nitrogens is 2. The molecule has 180 valence electrons. The van der Waals surface area contributed by atoms with Crippen LogP contribution in [0.5, 0.6) is 5.75 Å². The SMILES string of the molecule is CO[C@@H]1CCCN2C(=O)c3ccccc3OCCN(Cc3nccn3C(C)C)CCCC[C@H]12. The summed E-state index contributed by atoms with van der Waals surface area (Å²) >= 11 is 0. The molecule has 7 nitrogen and oxygen atoms in total. The normalized spacial score (nSPS) is 23.2. The van der Waals surface area contributed by atoms with Crippen LogP contribution in [0.25, 0.3) is 0 Å². The Morgan fingerprint density at radius 3 is 2.79 bits per heavy atom. The Morgan fingerprint density at radius 1 is 1.12 bits per heavy atom. The van der Waals surface area contributed by atoms with Gasteiger partial charge in [-0.2, -0.15) is 0 Å². The molecule has 3 heterocycles. The fourth-order valence-electron chi connectivity index (χ4n) is 5.19. The van der Waals surface area contributed by atoms with E-state index in [1.165, 1.54) is 0 Å². The number of imidazole rings is 1. The van der Waals surface area contributed by atoms with Gasteiger partial charge in [0.1, 0.15) is 18.2 Å². The van der Waals surface area contributed by atoms with E-state index in [1.54, 1.807) is 7.11 Å². The minimum Gasteiger partial charge on any atom is -0.491 e. The van der Waals surface area contributed by atoms with Crippen LogP contribution in [0.2, 0.25) is 0 Å². The lowest BCUT2D eigenvalue weighted by Gasteiger charge is -2.41. The van der Waals surface area contributed by atoms with Gasteiger partial charge in [-0.25, -0.2) is 4.98 Å². The highest BCUT2D eigenvalue weighted by atomic mass is 16.5. The van der Waals surface area contributed by atoms with Gasteiger partial charge in [-0.1, -0.05) is 18.6 Å². The lowest BCUT2D eigenvalue weighted by molar-refractivity contribution is -0.0155. The second-order valence-corrected chi connectivity index (χ2v) is 9.44. The molecule has 0 radical (unpaired) electrons. The smallest absolute Gasteiger partial charge is 0.257 e. The first-order valence-electron chi connectivity index (χ1n) is 12.4. The van der Waals surface area contributed by atoms with Gasteiger partial charge >= 0.3 is 0 Å². The summed E-state index contributed by atoms with van der Waals surface area (Å²) in [5.74, 6) is 1.82. The van der Waals surface area contributed by atoms with Crippen molar-refractivity contribution in [2.75, 3.05) is 33.4 Å². The highest BCUT2D eigenvalue weighted by molar-refractivity contribution is 5.97. The molecule has 0 spiro atoms. The number of hydrogen-bond acceptors (Lipinski definition) is 5. The molecule has 2 atom stereocenters. The van der Waals surface area contributed by atoms with Crippen molar-refractivity contribution in [2.45, 2.75) is 70.7 Å². The number of carbonyl (C=O) groups is 1. The minimum absolute atomic E-state index is 0.0624. The molecule has 2 aliphatic rings. The van der Waals surface area contributed by atoms with Gasteiger partial charge in [0.2, 0.25) is 0 Å². The number of amides is 1. The standard InChI is InChI=1S/C26H38N4O3/c1-20(2)29-16-13-27-25(29)19-28-14-7-6-10-22-24(32-3)12-8-15-30(22)26(31)21-9-4-5-11-23(21)33-18-17-28/h4-5,9,11,13,16,20,22,24H,6-8,10,12,14-15,17-19H2,1-3H3/t22-,24-/m1/s1. The molecule has 1 aromatic heterocycles. The van der Waals surface area contributed by atoms with Gasteiger partial charge in [-0.15, -0.1) is 0 Å². The molecule has 4 rings (SSSR count). The third kappa shape index (κ3) is 5.58. The van der Waals surface area contributed by atoms with Crippen molar-refractivity contribution >= 4 is 5.91 Å². The van der Waals surface area contributed by atoms with Crippen molar-refractivity contribution in [1.29, 1.82) is 0 Å². The third-order valence-electron chi connectivity index (χ3n) is 6.96. The predicted octanol–water partition coefficient (Wildman–Crippen LogP) is 4.15. The van der Waals surface area contributed by atoms with Gasteiger partial charge in [0.05, 0.1) is 24.3 Å². The molecule has 2 aliphatic heterocycles. The molecule has 0 aliphatic carbocycles. The zero-order valence-corrected chi connectivity index (χ0v) is 20.3. The zero-order chi connectivity index (χ0) is 23.2. The van der Waals surface area contributed by atoms with Crippen molar-refractivity contribution in [3.8, 4) is 5.75 Å². The highest BCUT2D eigenvalue weighted by Gasteiger charge is 2.35. The fourth-order valence-corrected chi connectivity index (χ4v) is 5.19. The monoisotopic (exact) mass is 454 g/mol. The first-order valence-corrected chi connectivity index (χ1v) is 12.4. The van der Waals surface area contributed by atoms with Gasteiger partial charge in [0.15, 0.2) is 0 Å². The Bertz CT molecular complexity index is 912. The summed E-state index contributed by atoms with van der Waals surface area (Å²) in [4.78, 5) is 22.7. The molecule has 1 fully saturated rings. The lowest BCUT2D eigenvalue weighted by Crippen LogP contribution is -2.51. The molecule has 0 N–H and O–H groups in total. The molecular weight excluding hydrogens is 416 g/mol. The summed E-state index contributed by atoms with van der Waals surface area (Å²) < 4.78 is 14.2. The van der Waals surface area contributed by atoms with E-state index in [0.717, 1.165) is 64.1 Å². The van der Waals surface area contributed by atoms with Gasteiger partial charge in [0.25, 0.3) is 5.91 Å². The largest absolute Gasteiger partial charge is 0.491 e. The van der Waals surface area contributed by atoms with Gasteiger partial charge in [-0.05, 0) is 58.2 Å². The Hall–Kier alpha value is -2.38. The molecule has 7 heteroatoms. The summed E-state index contributed by atoms with van der Waals surface area (Å²) in [6.45, 7) is 8.26. The number of carbonyl (C=O) groups excluding carboxylic acids is 1. The zero-order valence-electron chi connectivity index (χ0n) is 20.3. The quantitative estimate of drug-likeness (QED) is 0.695. The van der Waals surface area contributed by atoms with Gasteiger partial charge < -0.3 is 18.9 Å². The molecular formula is C26H38N4O3. The van der Waals surface area contributed by atoms with E-state index >= 15 is 0 Å². The predicted molar refractivity (Wildman–Crippen MR) is 129 cm³/mol. The van der Waals surface area contributed by atoms with Crippen LogP contribution < -0.4 is 4.74 Å². The number of benzene rings is 1. The minimum atomic E-state index is 0.0624. The highest BCUT2D eigenvalue weighted by Crippen LogP contribution is 2.29. The van der Waals surface area contributed by atoms with Crippen LogP contribution in [0, 0.1) is 0 Å². The number of para-hydroxylation sites is 1. The summed E-state index contributed by atoms with van der Waals surface area (Å²) in [5, 5.41) is 0. The number of piperidine rings is 1. The Morgan fingerprint density at radius 2 is 1.97 bits per heavy atom. The maximum Gasteiger partial charge on any atom is 0.257 e. The molecule has 1 aromatic carbocycles. The molecule has 1 amide bonds. The molecule has 33 heavy (non-hydrogen) atoms. The Labute approximate surface area is 197 Å². The number of fused-ring (bicyclic) bond motifs is 2. The van der Waals surface area contributed by atoms with Crippen molar-refractivity contribution in [2.24, 2.45) is 0 Å². The second-order valence-electron chi connectivity index (χ2n) is 9.44. The number of rotatable bonds is 4. The van der Waals surface area contributed by atoms with E-state index in [9.17, 15) is 4.79 Å². The van der Waals surface area contributed by atoms with E-state index in [-0.39, 0.29) is 18.1 Å². The number of ether oxygens (including phenoxy) is 2. The van der Waals surface area contributed by atoms with Crippen LogP contribution in [-0.4, -0.2) is 70.8 Å². The third-order valence-corrected chi connectivity index (χ3v) is 6.96. The average Bonchev–Trinajstić information content (AvgIpc) is 3.29. The van der Waals surface area contributed by atoms with Crippen LogP contribution in [-0.2, 0) is 11.3 Å². The fraction of sp³-hybridized carbons (Fsp3) is 0.615. The summed E-state index contributed by atoms with van der Waals surface area (Å²) in [7, 11) is 1.77. The van der Waals surface area contributed by atoms with Gasteiger partial charge in [-0.3, -0.25) is 9.69 Å². The maximum absolute atomic E-state index is 13.6. The van der Waals surface area contributed by atoms with Crippen LogP contribution in [0.4, 0.5) is 0 Å². The summed E-state index contributed by atoms with van der Waals surface area (Å²) in [6, 6.07) is 8.15. The maximum atomic E-state index is 13.6. The van der Waals surface area contributed by atoms with E-state index < -0.39 is 0 Å². The lowest BCUT2D eigenvalue weighted by atomic mass is 9.93. The van der Waals surface area contributed by atoms with Crippen molar-refractivity contribution in [3.05, 3.63) is 48.0 Å². The molecule has 0 saturated carbocycles. The van der Waals surface area contributed by atoms with E-state index in [0.29, 0.717) is 24.0 Å². The van der Waals surface area contributed by atoms with Crippen LogP contribution in [0.3, 0.4) is 0 Å². The summed E-state index contributed by atoms with van der Waals surface area (Å²) in [5.41, 5.74) is 0.653. The molecule has 2 aromatic rings. The number of hydrogen-bond donors (Lipinski definition) is 0. The molecule has 0 bridgehead atoms. The Balaban J connectivity index is 1.56. The van der Waals surface area contributed by atoms with E-state index in [1.807, 2.05) is 35.4 Å². The van der Waals surface area contributed by atoms with Crippen LogP contribution in [0.1, 0.15) is 68.2 Å². The van der Waals surface area contributed by atoms with E-state index in [4.69, 9.17) is 9.47 Å². The van der Waals surface area contributed by atoms with Gasteiger partial charge in [0, 0.05) is 38.6 Å². The van der Waals surface area contributed by atoms with Crippen LogP contribution >= 0.6 is 0 Å².